The fraction of sp³-hybridized carbons (Fsp3) is 0.600. The number of nitrogens with two attached hydrogens (primary N) is 1. The van der Waals surface area contributed by atoms with Gasteiger partial charge in [0.25, 0.3) is 5.56 Å². The summed E-state index contributed by atoms with van der Waals surface area (Å²) in [5, 5.41) is 0. The lowest BCUT2D eigenvalue weighted by molar-refractivity contribution is 0.375. The third kappa shape index (κ3) is 2.16. The van der Waals surface area contributed by atoms with Crippen LogP contribution in [0.15, 0.2) is 15.7 Å². The molecule has 1 aliphatic rings. The molecule has 88 valence electrons. The third-order valence-corrected chi connectivity index (χ3v) is 3.00. The fourth-order valence-electron chi connectivity index (χ4n) is 2.16. The maximum absolute atomic E-state index is 11.5. The molecule has 1 aromatic heterocycles. The number of nitrogen functional groups attached to an aromatic ring is 1. The van der Waals surface area contributed by atoms with Crippen LogP contribution >= 0.6 is 0 Å². The highest BCUT2D eigenvalue weighted by Gasteiger charge is 2.20. The molecule has 16 heavy (non-hydrogen) atoms. The van der Waals surface area contributed by atoms with E-state index in [9.17, 15) is 9.59 Å². The number of anilines is 1. The van der Waals surface area contributed by atoms with E-state index < -0.39 is 11.2 Å². The van der Waals surface area contributed by atoms with E-state index >= 15 is 0 Å². The van der Waals surface area contributed by atoms with Gasteiger partial charge >= 0.3 is 5.69 Å². The Morgan fingerprint density at radius 2 is 2.31 bits per heavy atom. The first-order valence-corrected chi connectivity index (χ1v) is 5.34. The Bertz CT molecular complexity index is 490. The second-order valence-corrected chi connectivity index (χ2v) is 4.39. The summed E-state index contributed by atoms with van der Waals surface area (Å²) in [4.78, 5) is 27.0. The molecule has 1 atom stereocenters. The summed E-state index contributed by atoms with van der Waals surface area (Å²) in [6.07, 6.45) is 1.06. The first-order valence-electron chi connectivity index (χ1n) is 5.34. The second kappa shape index (κ2) is 4.13. The van der Waals surface area contributed by atoms with Crippen molar-refractivity contribution in [2.24, 2.45) is 5.92 Å². The molecule has 6 heteroatoms. The lowest BCUT2D eigenvalue weighted by Crippen LogP contribution is -2.33. The van der Waals surface area contributed by atoms with Gasteiger partial charge in [0.2, 0.25) is 0 Å². The van der Waals surface area contributed by atoms with E-state index in [4.69, 9.17) is 5.73 Å². The van der Waals surface area contributed by atoms with Crippen LogP contribution in [0.4, 0.5) is 5.82 Å². The zero-order chi connectivity index (χ0) is 11.7. The number of nitrogens with one attached hydrogen (secondary N) is 1. The molecule has 1 fully saturated rings. The van der Waals surface area contributed by atoms with Gasteiger partial charge in [-0.15, -0.1) is 0 Å². The lowest BCUT2D eigenvalue weighted by atomic mass is 10.1. The van der Waals surface area contributed by atoms with Gasteiger partial charge in [-0.25, -0.2) is 4.79 Å². The maximum atomic E-state index is 11.5. The van der Waals surface area contributed by atoms with E-state index in [1.54, 1.807) is 0 Å². The average molecular weight is 224 g/mol. The number of likely N-dealkylation sites (tertiary alicyclic amines) is 1. The van der Waals surface area contributed by atoms with Crippen LogP contribution in [-0.2, 0) is 6.54 Å². The van der Waals surface area contributed by atoms with Crippen molar-refractivity contribution >= 4 is 5.82 Å². The molecule has 1 unspecified atom stereocenters. The fourth-order valence-corrected chi connectivity index (χ4v) is 2.16. The number of nitrogens with zero attached hydrogens (tertiary/aromatic N) is 2. The van der Waals surface area contributed by atoms with E-state index in [2.05, 4.69) is 16.9 Å². The quantitative estimate of drug-likeness (QED) is 0.680. The van der Waals surface area contributed by atoms with Gasteiger partial charge in [0.15, 0.2) is 0 Å². The highest BCUT2D eigenvalue weighted by molar-refractivity contribution is 5.26. The molecule has 0 radical (unpaired) electrons. The molecule has 0 saturated carbocycles. The smallest absolute Gasteiger partial charge is 0.329 e. The normalized spacial score (nSPS) is 21.4. The van der Waals surface area contributed by atoms with Gasteiger partial charge in [-0.1, -0.05) is 0 Å². The molecule has 1 saturated heterocycles. The Hall–Kier alpha value is -1.56. The molecule has 0 spiro atoms. The summed E-state index contributed by atoms with van der Waals surface area (Å²) < 4.78 is 1.44. The Morgan fingerprint density at radius 3 is 2.88 bits per heavy atom. The van der Waals surface area contributed by atoms with E-state index in [1.807, 2.05) is 0 Å². The summed E-state index contributed by atoms with van der Waals surface area (Å²) in [7, 11) is 2.05. The van der Waals surface area contributed by atoms with E-state index in [-0.39, 0.29) is 5.82 Å². The predicted molar refractivity (Wildman–Crippen MR) is 61.3 cm³/mol. The molecule has 2 rings (SSSR count). The summed E-state index contributed by atoms with van der Waals surface area (Å²) >= 11 is 0. The zero-order valence-corrected chi connectivity index (χ0v) is 9.27. The Morgan fingerprint density at radius 1 is 1.56 bits per heavy atom. The topological polar surface area (TPSA) is 84.1 Å². The Labute approximate surface area is 92.7 Å². The summed E-state index contributed by atoms with van der Waals surface area (Å²) in [5.74, 6) is 0.666. The van der Waals surface area contributed by atoms with Crippen molar-refractivity contribution in [1.29, 1.82) is 0 Å². The van der Waals surface area contributed by atoms with Crippen molar-refractivity contribution in [1.82, 2.24) is 14.5 Å². The van der Waals surface area contributed by atoms with Crippen molar-refractivity contribution in [3.63, 3.8) is 0 Å². The van der Waals surface area contributed by atoms with Gasteiger partial charge in [-0.3, -0.25) is 14.3 Å². The monoisotopic (exact) mass is 224 g/mol. The van der Waals surface area contributed by atoms with E-state index in [0.29, 0.717) is 12.5 Å². The molecule has 2 heterocycles. The number of hydrogen-bond acceptors (Lipinski definition) is 4. The number of aromatic nitrogens is 2. The highest BCUT2D eigenvalue weighted by Crippen LogP contribution is 2.16. The van der Waals surface area contributed by atoms with Crippen molar-refractivity contribution in [2.45, 2.75) is 13.0 Å². The molecule has 0 bridgehead atoms. The van der Waals surface area contributed by atoms with Crippen LogP contribution in [0, 0.1) is 5.92 Å². The first-order chi connectivity index (χ1) is 7.56. The molecule has 0 aliphatic carbocycles. The Kier molecular flexibility index (Phi) is 2.82. The predicted octanol–water partition coefficient (Wildman–Crippen LogP) is -0.929. The minimum absolute atomic E-state index is 0.239. The van der Waals surface area contributed by atoms with Crippen molar-refractivity contribution in [3.05, 3.63) is 26.9 Å². The van der Waals surface area contributed by atoms with Crippen molar-refractivity contribution in [2.75, 3.05) is 25.9 Å². The largest absolute Gasteiger partial charge is 0.385 e. The molecule has 3 N–H and O–H groups in total. The minimum Gasteiger partial charge on any atom is -0.385 e. The van der Waals surface area contributed by atoms with Crippen LogP contribution in [0.5, 0.6) is 0 Å². The van der Waals surface area contributed by atoms with E-state index in [0.717, 1.165) is 19.5 Å². The Balaban J connectivity index is 2.22. The standard InChI is InChI=1S/C10H16N4O2/c1-13-3-2-7(5-13)6-14-8(11)4-9(15)12-10(14)16/h4,7H,2-3,5-6,11H2,1H3,(H,12,15,16). The van der Waals surface area contributed by atoms with Crippen LogP contribution in [-0.4, -0.2) is 34.6 Å². The van der Waals surface area contributed by atoms with Gasteiger partial charge in [-0.05, 0) is 25.9 Å². The van der Waals surface area contributed by atoms with Crippen LogP contribution < -0.4 is 17.0 Å². The summed E-state index contributed by atoms with van der Waals surface area (Å²) in [5.41, 5.74) is 4.80. The number of H-pyrrole nitrogens is 1. The van der Waals surface area contributed by atoms with Crippen molar-refractivity contribution < 1.29 is 0 Å². The van der Waals surface area contributed by atoms with Gasteiger partial charge < -0.3 is 10.6 Å². The van der Waals surface area contributed by atoms with E-state index in [1.165, 1.54) is 10.6 Å². The van der Waals surface area contributed by atoms with Crippen molar-refractivity contribution in [3.8, 4) is 0 Å². The molecule has 1 aliphatic heterocycles. The molecular weight excluding hydrogens is 208 g/mol. The van der Waals surface area contributed by atoms with Crippen LogP contribution in [0.1, 0.15) is 6.42 Å². The SMILES string of the molecule is CN1CCC(Cn2c(N)cc(=O)[nH]c2=O)C1. The number of rotatable bonds is 2. The lowest BCUT2D eigenvalue weighted by Gasteiger charge is -2.13. The van der Waals surface area contributed by atoms with Gasteiger partial charge in [-0.2, -0.15) is 0 Å². The van der Waals surface area contributed by atoms with Gasteiger partial charge in [0.05, 0.1) is 0 Å². The van der Waals surface area contributed by atoms with Crippen LogP contribution in [0.25, 0.3) is 0 Å². The molecule has 6 nitrogen and oxygen atoms in total. The third-order valence-electron chi connectivity index (χ3n) is 3.00. The van der Waals surface area contributed by atoms with Crippen LogP contribution in [0.3, 0.4) is 0 Å². The minimum atomic E-state index is -0.442. The summed E-state index contributed by atoms with van der Waals surface area (Å²) in [6, 6.07) is 1.25. The van der Waals surface area contributed by atoms with Gasteiger partial charge in [0, 0.05) is 19.2 Å². The number of aromatic amines is 1. The molecule has 0 amide bonds. The average Bonchev–Trinajstić information content (AvgIpc) is 2.58. The molecular formula is C10H16N4O2. The maximum Gasteiger partial charge on any atom is 0.329 e. The zero-order valence-electron chi connectivity index (χ0n) is 9.27. The number of hydrogen-bond donors (Lipinski definition) is 2. The summed E-state index contributed by atoms with van der Waals surface area (Å²) in [6.45, 7) is 2.58. The second-order valence-electron chi connectivity index (χ2n) is 4.39. The molecule has 1 aromatic rings. The molecule has 0 aromatic carbocycles. The van der Waals surface area contributed by atoms with Gasteiger partial charge in [0.1, 0.15) is 5.82 Å². The highest BCUT2D eigenvalue weighted by atomic mass is 16.2. The first kappa shape index (κ1) is 10.9. The van der Waals surface area contributed by atoms with Crippen LogP contribution in [0.2, 0.25) is 0 Å².